The summed E-state index contributed by atoms with van der Waals surface area (Å²) in [6.45, 7) is 2.85. The minimum Gasteiger partial charge on any atom is -0.347 e. The molecule has 1 aromatic carbocycles. The number of H-pyrrole nitrogens is 1. The summed E-state index contributed by atoms with van der Waals surface area (Å²) in [6, 6.07) is 6.11. The predicted molar refractivity (Wildman–Crippen MR) is 73.0 cm³/mol. The number of aromatic amines is 1. The molecule has 1 heterocycles. The third-order valence-corrected chi connectivity index (χ3v) is 3.74. The molecule has 2 aromatic rings. The fraction of sp³-hybridized carbons (Fsp3) is 0.250. The number of nitrogens with one attached hydrogen (secondary N) is 2. The molecule has 0 spiro atoms. The van der Waals surface area contributed by atoms with Gasteiger partial charge in [0.2, 0.25) is 0 Å². The van der Waals surface area contributed by atoms with Crippen LogP contribution < -0.4 is 5.32 Å². The Morgan fingerprint density at radius 3 is 3.00 bits per heavy atom. The molecule has 0 aliphatic rings. The maximum Gasteiger partial charge on any atom is 0.122 e. The van der Waals surface area contributed by atoms with Gasteiger partial charge in [-0.05, 0) is 40.5 Å². The number of aromatic nitrogens is 2. The Morgan fingerprint density at radius 2 is 2.35 bits per heavy atom. The molecular weight excluding hydrogens is 302 g/mol. The van der Waals surface area contributed by atoms with Crippen molar-refractivity contribution in [2.45, 2.75) is 19.5 Å². The Labute approximate surface area is 114 Å². The van der Waals surface area contributed by atoms with Crippen LogP contribution in [-0.4, -0.2) is 9.97 Å². The molecule has 0 aliphatic carbocycles. The molecule has 2 rings (SSSR count). The monoisotopic (exact) mass is 313 g/mol. The third kappa shape index (κ3) is 3.31. The summed E-state index contributed by atoms with van der Waals surface area (Å²) in [6.07, 6.45) is 3.58. The maximum atomic E-state index is 5.94. The van der Waals surface area contributed by atoms with Crippen molar-refractivity contribution in [3.05, 3.63) is 51.5 Å². The number of benzene rings is 1. The molecule has 0 aliphatic heterocycles. The van der Waals surface area contributed by atoms with Crippen LogP contribution in [0.4, 0.5) is 0 Å². The molecule has 5 heteroatoms. The maximum absolute atomic E-state index is 5.94. The van der Waals surface area contributed by atoms with Gasteiger partial charge in [0.1, 0.15) is 5.82 Å². The van der Waals surface area contributed by atoms with Crippen molar-refractivity contribution in [2.75, 3.05) is 0 Å². The van der Waals surface area contributed by atoms with Crippen LogP contribution in [0.2, 0.25) is 5.02 Å². The van der Waals surface area contributed by atoms with Crippen molar-refractivity contribution in [1.82, 2.24) is 15.3 Å². The van der Waals surface area contributed by atoms with E-state index in [-0.39, 0.29) is 6.04 Å². The van der Waals surface area contributed by atoms with E-state index in [0.717, 1.165) is 21.9 Å². The van der Waals surface area contributed by atoms with E-state index in [1.165, 1.54) is 5.56 Å². The van der Waals surface area contributed by atoms with Crippen LogP contribution in [0.25, 0.3) is 0 Å². The van der Waals surface area contributed by atoms with Crippen LogP contribution in [0.1, 0.15) is 24.4 Å². The van der Waals surface area contributed by atoms with E-state index in [2.05, 4.69) is 38.1 Å². The van der Waals surface area contributed by atoms with Crippen molar-refractivity contribution in [3.63, 3.8) is 0 Å². The first-order chi connectivity index (χ1) is 8.16. The zero-order valence-corrected chi connectivity index (χ0v) is 11.7. The van der Waals surface area contributed by atoms with Gasteiger partial charge in [0.15, 0.2) is 0 Å². The second-order valence-electron chi connectivity index (χ2n) is 3.83. The minimum absolute atomic E-state index is 0.194. The van der Waals surface area contributed by atoms with Crippen molar-refractivity contribution < 1.29 is 0 Å². The van der Waals surface area contributed by atoms with Crippen LogP contribution in [0.3, 0.4) is 0 Å². The molecule has 0 saturated carbocycles. The molecule has 0 fully saturated rings. The first kappa shape index (κ1) is 12.6. The fourth-order valence-corrected chi connectivity index (χ4v) is 2.08. The first-order valence-corrected chi connectivity index (χ1v) is 6.50. The van der Waals surface area contributed by atoms with Crippen LogP contribution in [0, 0.1) is 0 Å². The van der Waals surface area contributed by atoms with E-state index in [4.69, 9.17) is 11.6 Å². The van der Waals surface area contributed by atoms with Crippen LogP contribution in [0.15, 0.2) is 35.1 Å². The number of hydrogen-bond donors (Lipinski definition) is 2. The standard InChI is InChI=1S/C12H13BrClN3/c1-8(12-15-4-5-16-12)17-7-9-2-3-11(14)10(13)6-9/h2-6,8,17H,7H2,1H3,(H,15,16). The topological polar surface area (TPSA) is 40.7 Å². The highest BCUT2D eigenvalue weighted by Gasteiger charge is 2.07. The predicted octanol–water partition coefficient (Wildman–Crippen LogP) is 3.68. The summed E-state index contributed by atoms with van der Waals surface area (Å²) in [7, 11) is 0. The number of halogens is 2. The molecule has 2 N–H and O–H groups in total. The molecule has 17 heavy (non-hydrogen) atoms. The molecule has 1 atom stereocenters. The highest BCUT2D eigenvalue weighted by molar-refractivity contribution is 9.10. The highest BCUT2D eigenvalue weighted by atomic mass is 79.9. The Morgan fingerprint density at radius 1 is 1.53 bits per heavy atom. The summed E-state index contributed by atoms with van der Waals surface area (Å²) < 4.78 is 0.920. The van der Waals surface area contributed by atoms with Crippen molar-refractivity contribution in [3.8, 4) is 0 Å². The summed E-state index contributed by atoms with van der Waals surface area (Å²) in [5, 5.41) is 4.12. The molecule has 1 aromatic heterocycles. The molecule has 0 amide bonds. The average molecular weight is 315 g/mol. The second kappa shape index (κ2) is 5.67. The van der Waals surface area contributed by atoms with Crippen LogP contribution in [-0.2, 0) is 6.54 Å². The normalized spacial score (nSPS) is 12.6. The number of nitrogens with zero attached hydrogens (tertiary/aromatic N) is 1. The molecule has 0 radical (unpaired) electrons. The lowest BCUT2D eigenvalue weighted by Gasteiger charge is -2.11. The Hall–Kier alpha value is -0.840. The summed E-state index contributed by atoms with van der Waals surface area (Å²) >= 11 is 9.36. The van der Waals surface area contributed by atoms with Gasteiger partial charge in [-0.3, -0.25) is 0 Å². The zero-order chi connectivity index (χ0) is 12.3. The molecule has 0 bridgehead atoms. The van der Waals surface area contributed by atoms with Gasteiger partial charge in [0.25, 0.3) is 0 Å². The number of rotatable bonds is 4. The van der Waals surface area contributed by atoms with Gasteiger partial charge in [-0.2, -0.15) is 0 Å². The van der Waals surface area contributed by atoms with Crippen molar-refractivity contribution in [2.24, 2.45) is 0 Å². The minimum atomic E-state index is 0.194. The number of hydrogen-bond acceptors (Lipinski definition) is 2. The Kier molecular flexibility index (Phi) is 4.20. The summed E-state index contributed by atoms with van der Waals surface area (Å²) in [4.78, 5) is 7.30. The molecular formula is C12H13BrClN3. The van der Waals surface area contributed by atoms with Gasteiger partial charge in [-0.15, -0.1) is 0 Å². The lowest BCUT2D eigenvalue weighted by molar-refractivity contribution is 0.551. The van der Waals surface area contributed by atoms with Gasteiger partial charge in [0, 0.05) is 23.4 Å². The Balaban J connectivity index is 1.96. The van der Waals surface area contributed by atoms with Gasteiger partial charge < -0.3 is 10.3 Å². The zero-order valence-electron chi connectivity index (χ0n) is 9.37. The van der Waals surface area contributed by atoms with E-state index >= 15 is 0 Å². The molecule has 1 unspecified atom stereocenters. The van der Waals surface area contributed by atoms with Crippen molar-refractivity contribution >= 4 is 27.5 Å². The third-order valence-electron chi connectivity index (χ3n) is 2.53. The largest absolute Gasteiger partial charge is 0.347 e. The van der Waals surface area contributed by atoms with Crippen LogP contribution in [0.5, 0.6) is 0 Å². The average Bonchev–Trinajstić information content (AvgIpc) is 2.84. The summed E-state index contributed by atoms with van der Waals surface area (Å²) in [5.41, 5.74) is 1.18. The molecule has 0 saturated heterocycles. The van der Waals surface area contributed by atoms with Gasteiger partial charge in [0.05, 0.1) is 11.1 Å². The number of imidazole rings is 1. The van der Waals surface area contributed by atoms with Crippen LogP contribution >= 0.6 is 27.5 Å². The van der Waals surface area contributed by atoms with Gasteiger partial charge in [-0.25, -0.2) is 4.98 Å². The fourth-order valence-electron chi connectivity index (χ4n) is 1.53. The van der Waals surface area contributed by atoms with E-state index in [9.17, 15) is 0 Å². The first-order valence-electron chi connectivity index (χ1n) is 5.33. The molecule has 3 nitrogen and oxygen atoms in total. The van der Waals surface area contributed by atoms with Gasteiger partial charge in [-0.1, -0.05) is 17.7 Å². The lowest BCUT2D eigenvalue weighted by atomic mass is 10.2. The quantitative estimate of drug-likeness (QED) is 0.904. The van der Waals surface area contributed by atoms with Gasteiger partial charge >= 0.3 is 0 Å². The van der Waals surface area contributed by atoms with E-state index in [1.807, 2.05) is 24.4 Å². The summed E-state index contributed by atoms with van der Waals surface area (Å²) in [5.74, 6) is 0.943. The molecule has 90 valence electrons. The lowest BCUT2D eigenvalue weighted by Crippen LogP contribution is -2.19. The SMILES string of the molecule is CC(NCc1ccc(Cl)c(Br)c1)c1ncc[nH]1. The smallest absolute Gasteiger partial charge is 0.122 e. The Bertz CT molecular complexity index is 485. The van der Waals surface area contributed by atoms with E-state index in [0.29, 0.717) is 0 Å². The van der Waals surface area contributed by atoms with E-state index < -0.39 is 0 Å². The highest BCUT2D eigenvalue weighted by Crippen LogP contribution is 2.23. The van der Waals surface area contributed by atoms with Crippen molar-refractivity contribution in [1.29, 1.82) is 0 Å². The second-order valence-corrected chi connectivity index (χ2v) is 5.09. The van der Waals surface area contributed by atoms with E-state index in [1.54, 1.807) is 6.20 Å².